The number of ether oxygens (including phenoxy) is 1. The van der Waals surface area contributed by atoms with Crippen LogP contribution in [0, 0.1) is 0 Å². The molecule has 0 spiro atoms. The standard InChI is InChI=1S/C25H33ClN2O3S/c1-4-5-15-27-25(30)19(2)28(18-20-8-6-9-22(17-20)31-3)24(29)10-7-16-32-23-13-11-21(26)12-14-23/h6,8-9,11-14,17,19H,4-5,7,10,15-16,18H2,1-3H3,(H,27,30). The summed E-state index contributed by atoms with van der Waals surface area (Å²) in [6.07, 6.45) is 3.04. The largest absolute Gasteiger partial charge is 0.497 e. The van der Waals surface area contributed by atoms with Crippen molar-refractivity contribution in [3.05, 3.63) is 59.1 Å². The van der Waals surface area contributed by atoms with E-state index in [1.54, 1.807) is 30.7 Å². The van der Waals surface area contributed by atoms with Crippen LogP contribution in [0.4, 0.5) is 0 Å². The summed E-state index contributed by atoms with van der Waals surface area (Å²) in [5.41, 5.74) is 0.932. The molecule has 2 aromatic carbocycles. The number of amides is 2. The van der Waals surface area contributed by atoms with Gasteiger partial charge in [0.2, 0.25) is 11.8 Å². The molecule has 1 N–H and O–H groups in total. The maximum absolute atomic E-state index is 13.1. The third kappa shape index (κ3) is 8.75. The first-order valence-electron chi connectivity index (χ1n) is 11.0. The van der Waals surface area contributed by atoms with Gasteiger partial charge in [0.15, 0.2) is 0 Å². The number of thioether (sulfide) groups is 1. The van der Waals surface area contributed by atoms with E-state index in [0.29, 0.717) is 24.5 Å². The highest BCUT2D eigenvalue weighted by molar-refractivity contribution is 7.99. The number of methoxy groups -OCH3 is 1. The summed E-state index contributed by atoms with van der Waals surface area (Å²) in [6.45, 7) is 4.86. The summed E-state index contributed by atoms with van der Waals surface area (Å²) < 4.78 is 5.31. The minimum absolute atomic E-state index is 0.0253. The van der Waals surface area contributed by atoms with E-state index in [1.165, 1.54) is 0 Å². The molecule has 5 nitrogen and oxygen atoms in total. The lowest BCUT2D eigenvalue weighted by Gasteiger charge is -2.29. The molecule has 0 radical (unpaired) electrons. The van der Waals surface area contributed by atoms with E-state index in [0.717, 1.165) is 41.2 Å². The van der Waals surface area contributed by atoms with Crippen LogP contribution in [0.25, 0.3) is 0 Å². The molecule has 2 amide bonds. The predicted octanol–water partition coefficient (Wildman–Crippen LogP) is 5.55. The number of hydrogen-bond acceptors (Lipinski definition) is 4. The number of unbranched alkanes of at least 4 members (excludes halogenated alkanes) is 1. The Morgan fingerprint density at radius 3 is 2.59 bits per heavy atom. The van der Waals surface area contributed by atoms with Crippen molar-refractivity contribution >= 4 is 35.2 Å². The fraction of sp³-hybridized carbons (Fsp3) is 0.440. The first-order valence-corrected chi connectivity index (χ1v) is 12.4. The zero-order chi connectivity index (χ0) is 23.3. The van der Waals surface area contributed by atoms with E-state index in [-0.39, 0.29) is 11.8 Å². The maximum Gasteiger partial charge on any atom is 0.242 e. The lowest BCUT2D eigenvalue weighted by Crippen LogP contribution is -2.47. The van der Waals surface area contributed by atoms with Crippen LogP contribution in [-0.2, 0) is 16.1 Å². The first kappa shape index (κ1) is 26.1. The summed E-state index contributed by atoms with van der Waals surface area (Å²) in [7, 11) is 1.62. The smallest absolute Gasteiger partial charge is 0.242 e. The highest BCUT2D eigenvalue weighted by Gasteiger charge is 2.25. The molecule has 32 heavy (non-hydrogen) atoms. The molecule has 0 saturated heterocycles. The van der Waals surface area contributed by atoms with Gasteiger partial charge in [0.25, 0.3) is 0 Å². The quantitative estimate of drug-likeness (QED) is 0.304. The van der Waals surface area contributed by atoms with E-state index in [4.69, 9.17) is 16.3 Å². The molecule has 0 bridgehead atoms. The Hall–Kier alpha value is -2.18. The van der Waals surface area contributed by atoms with E-state index in [2.05, 4.69) is 12.2 Å². The summed E-state index contributed by atoms with van der Waals surface area (Å²) in [6, 6.07) is 14.7. The molecule has 2 rings (SSSR count). The van der Waals surface area contributed by atoms with Crippen LogP contribution >= 0.6 is 23.4 Å². The van der Waals surface area contributed by atoms with Gasteiger partial charge in [-0.15, -0.1) is 11.8 Å². The van der Waals surface area contributed by atoms with Crippen molar-refractivity contribution < 1.29 is 14.3 Å². The van der Waals surface area contributed by atoms with Gasteiger partial charge in [0.05, 0.1) is 7.11 Å². The van der Waals surface area contributed by atoms with Crippen LogP contribution in [0.3, 0.4) is 0 Å². The van der Waals surface area contributed by atoms with Crippen LogP contribution in [0.5, 0.6) is 5.75 Å². The molecule has 174 valence electrons. The number of carbonyl (C=O) groups is 2. The van der Waals surface area contributed by atoms with Gasteiger partial charge >= 0.3 is 0 Å². The van der Waals surface area contributed by atoms with Crippen molar-refractivity contribution in [1.82, 2.24) is 10.2 Å². The number of nitrogens with one attached hydrogen (secondary N) is 1. The Balaban J connectivity index is 2.00. The maximum atomic E-state index is 13.1. The molecule has 0 saturated carbocycles. The highest BCUT2D eigenvalue weighted by Crippen LogP contribution is 2.22. The minimum atomic E-state index is -0.547. The predicted molar refractivity (Wildman–Crippen MR) is 132 cm³/mol. The van der Waals surface area contributed by atoms with Crippen LogP contribution in [0.2, 0.25) is 5.02 Å². The Morgan fingerprint density at radius 1 is 1.16 bits per heavy atom. The topological polar surface area (TPSA) is 58.6 Å². The number of nitrogens with zero attached hydrogens (tertiary/aromatic N) is 1. The van der Waals surface area contributed by atoms with Crippen molar-refractivity contribution in [3.8, 4) is 5.75 Å². The second-order valence-corrected chi connectivity index (χ2v) is 9.20. The SMILES string of the molecule is CCCCNC(=O)C(C)N(Cc1cccc(OC)c1)C(=O)CCCSc1ccc(Cl)cc1. The van der Waals surface area contributed by atoms with E-state index in [1.807, 2.05) is 48.5 Å². The molecule has 0 fully saturated rings. The Kier molecular flexibility index (Phi) is 11.5. The fourth-order valence-electron chi connectivity index (χ4n) is 3.17. The van der Waals surface area contributed by atoms with E-state index in [9.17, 15) is 9.59 Å². The van der Waals surface area contributed by atoms with Crippen LogP contribution in [0.15, 0.2) is 53.4 Å². The summed E-state index contributed by atoms with van der Waals surface area (Å²) in [5.74, 6) is 1.40. The molecule has 1 atom stereocenters. The van der Waals surface area contributed by atoms with Crippen molar-refractivity contribution in [2.24, 2.45) is 0 Å². The second kappa shape index (κ2) is 14.1. The zero-order valence-electron chi connectivity index (χ0n) is 19.1. The molecule has 0 aliphatic heterocycles. The zero-order valence-corrected chi connectivity index (χ0v) is 20.7. The Morgan fingerprint density at radius 2 is 1.91 bits per heavy atom. The number of benzene rings is 2. The lowest BCUT2D eigenvalue weighted by molar-refractivity contribution is -0.140. The number of rotatable bonds is 13. The molecule has 1 unspecified atom stereocenters. The third-order valence-electron chi connectivity index (χ3n) is 5.10. The van der Waals surface area contributed by atoms with Crippen molar-refractivity contribution in [1.29, 1.82) is 0 Å². The van der Waals surface area contributed by atoms with Crippen molar-refractivity contribution in [2.45, 2.75) is 57.0 Å². The fourth-order valence-corrected chi connectivity index (χ4v) is 4.15. The van der Waals surface area contributed by atoms with Gasteiger partial charge in [-0.05, 0) is 67.5 Å². The third-order valence-corrected chi connectivity index (χ3v) is 6.45. The molecule has 0 aromatic heterocycles. The van der Waals surface area contributed by atoms with Gasteiger partial charge < -0.3 is 15.0 Å². The lowest BCUT2D eigenvalue weighted by atomic mass is 10.1. The van der Waals surface area contributed by atoms with Gasteiger partial charge in [-0.2, -0.15) is 0 Å². The number of carbonyl (C=O) groups excluding carboxylic acids is 2. The molecular formula is C25H33ClN2O3S. The molecule has 0 aliphatic rings. The van der Waals surface area contributed by atoms with Crippen LogP contribution in [-0.4, -0.2) is 42.2 Å². The van der Waals surface area contributed by atoms with Gasteiger partial charge in [-0.25, -0.2) is 0 Å². The van der Waals surface area contributed by atoms with E-state index >= 15 is 0 Å². The molecule has 0 heterocycles. The van der Waals surface area contributed by atoms with Gasteiger partial charge in [0.1, 0.15) is 11.8 Å². The molecule has 0 aliphatic carbocycles. The summed E-state index contributed by atoms with van der Waals surface area (Å²) in [4.78, 5) is 28.6. The number of hydrogen-bond donors (Lipinski definition) is 1. The molecular weight excluding hydrogens is 444 g/mol. The summed E-state index contributed by atoms with van der Waals surface area (Å²) >= 11 is 7.62. The molecule has 7 heteroatoms. The Labute approximate surface area is 200 Å². The minimum Gasteiger partial charge on any atom is -0.497 e. The normalized spacial score (nSPS) is 11.6. The Bertz CT molecular complexity index is 861. The highest BCUT2D eigenvalue weighted by atomic mass is 35.5. The van der Waals surface area contributed by atoms with Crippen molar-refractivity contribution in [3.63, 3.8) is 0 Å². The van der Waals surface area contributed by atoms with Gasteiger partial charge in [0, 0.05) is 29.4 Å². The summed E-state index contributed by atoms with van der Waals surface area (Å²) in [5, 5.41) is 3.66. The van der Waals surface area contributed by atoms with Crippen LogP contribution < -0.4 is 10.1 Å². The van der Waals surface area contributed by atoms with Crippen LogP contribution in [0.1, 0.15) is 45.1 Å². The first-order chi connectivity index (χ1) is 15.4. The average Bonchev–Trinajstić information content (AvgIpc) is 2.81. The van der Waals surface area contributed by atoms with Crippen molar-refractivity contribution in [2.75, 3.05) is 19.4 Å². The molecule has 2 aromatic rings. The van der Waals surface area contributed by atoms with Gasteiger partial charge in [-0.1, -0.05) is 37.1 Å². The second-order valence-electron chi connectivity index (χ2n) is 7.60. The monoisotopic (exact) mass is 476 g/mol. The average molecular weight is 477 g/mol. The van der Waals surface area contributed by atoms with Gasteiger partial charge in [-0.3, -0.25) is 9.59 Å². The van der Waals surface area contributed by atoms with E-state index < -0.39 is 6.04 Å². The number of halogens is 1.